The number of alkyl halides is 1. The lowest BCUT2D eigenvalue weighted by Gasteiger charge is -2.38. The van der Waals surface area contributed by atoms with Gasteiger partial charge in [0, 0.05) is 19.0 Å². The minimum atomic E-state index is -1.05. The average molecular weight is 400 g/mol. The van der Waals surface area contributed by atoms with Crippen molar-refractivity contribution in [2.45, 2.75) is 43.9 Å². The molecule has 6 heteroatoms. The Labute approximate surface area is 169 Å². The summed E-state index contributed by atoms with van der Waals surface area (Å²) in [6.07, 6.45) is 0.272. The smallest absolute Gasteiger partial charge is 0.240 e. The van der Waals surface area contributed by atoms with Gasteiger partial charge in [-0.1, -0.05) is 24.3 Å². The van der Waals surface area contributed by atoms with Gasteiger partial charge in [0.05, 0.1) is 12.1 Å². The molecule has 2 aromatic carbocycles. The minimum Gasteiger partial charge on any atom is -0.508 e. The fraction of sp³-hybridized carbons (Fsp3) is 0.435. The molecular weight excluding hydrogens is 374 g/mol. The number of benzene rings is 2. The highest BCUT2D eigenvalue weighted by atomic mass is 19.1. The predicted octanol–water partition coefficient (Wildman–Crippen LogP) is 4.02. The number of hydrogen-bond donors (Lipinski definition) is 1. The Hall–Kier alpha value is -2.47. The van der Waals surface area contributed by atoms with Crippen LogP contribution in [0.1, 0.15) is 42.9 Å². The lowest BCUT2D eigenvalue weighted by atomic mass is 9.87. The zero-order valence-electron chi connectivity index (χ0n) is 16.5. The summed E-state index contributed by atoms with van der Waals surface area (Å²) in [5.74, 6) is -0.305. The van der Waals surface area contributed by atoms with Gasteiger partial charge in [0.15, 0.2) is 0 Å². The van der Waals surface area contributed by atoms with E-state index in [9.17, 15) is 18.7 Å². The molecule has 154 valence electrons. The van der Waals surface area contributed by atoms with Crippen LogP contribution >= 0.6 is 0 Å². The standard InChI is InChI=1S/C23H26F2N2O2/c1-15(16-2-6-18(24)7-3-16)27-13-11-22(23(27)29)26-12-10-20(21(25)14-26)17-4-8-19(28)9-5-17/h2-9,15,20-22,28H,10-14H2,1H3/t15?,20-,21+,22-/m0/s1. The molecule has 4 nitrogen and oxygen atoms in total. The number of hydrogen-bond acceptors (Lipinski definition) is 3. The molecule has 0 aromatic heterocycles. The second kappa shape index (κ2) is 8.11. The van der Waals surface area contributed by atoms with Crippen molar-refractivity contribution in [3.8, 4) is 5.75 Å². The molecule has 2 fully saturated rings. The van der Waals surface area contributed by atoms with Crippen molar-refractivity contribution < 1.29 is 18.7 Å². The second-order valence-corrected chi connectivity index (χ2v) is 8.06. The summed E-state index contributed by atoms with van der Waals surface area (Å²) in [6, 6.07) is 12.5. The number of halogens is 2. The molecule has 0 saturated carbocycles. The number of aromatic hydroxyl groups is 1. The van der Waals surface area contributed by atoms with Crippen LogP contribution < -0.4 is 0 Å². The van der Waals surface area contributed by atoms with E-state index < -0.39 is 6.17 Å². The molecule has 2 aliphatic rings. The van der Waals surface area contributed by atoms with Gasteiger partial charge in [0.1, 0.15) is 17.7 Å². The molecule has 2 saturated heterocycles. The highest BCUT2D eigenvalue weighted by molar-refractivity contribution is 5.84. The number of carbonyl (C=O) groups is 1. The van der Waals surface area contributed by atoms with Crippen LogP contribution in [-0.4, -0.2) is 52.7 Å². The highest BCUT2D eigenvalue weighted by Crippen LogP contribution is 2.35. The summed E-state index contributed by atoms with van der Waals surface area (Å²) in [5, 5.41) is 9.44. The maximum absolute atomic E-state index is 15.0. The molecule has 2 aromatic rings. The van der Waals surface area contributed by atoms with Gasteiger partial charge in [-0.05, 0) is 61.7 Å². The van der Waals surface area contributed by atoms with Crippen molar-refractivity contribution in [1.29, 1.82) is 0 Å². The van der Waals surface area contributed by atoms with E-state index in [1.54, 1.807) is 36.4 Å². The average Bonchev–Trinajstić information content (AvgIpc) is 3.10. The van der Waals surface area contributed by atoms with Crippen LogP contribution in [0.25, 0.3) is 0 Å². The highest BCUT2D eigenvalue weighted by Gasteiger charge is 2.42. The molecule has 0 spiro atoms. The normalized spacial score (nSPS) is 26.7. The summed E-state index contributed by atoms with van der Waals surface area (Å²) >= 11 is 0. The Morgan fingerprint density at radius 2 is 1.72 bits per heavy atom. The minimum absolute atomic E-state index is 0.0251. The molecule has 4 rings (SSSR count). The number of amides is 1. The molecule has 0 radical (unpaired) electrons. The molecule has 29 heavy (non-hydrogen) atoms. The fourth-order valence-electron chi connectivity index (χ4n) is 4.64. The first-order valence-electron chi connectivity index (χ1n) is 10.2. The first-order valence-corrected chi connectivity index (χ1v) is 10.2. The van der Waals surface area contributed by atoms with E-state index in [2.05, 4.69) is 0 Å². The van der Waals surface area contributed by atoms with E-state index in [1.165, 1.54) is 12.1 Å². The fourth-order valence-corrected chi connectivity index (χ4v) is 4.64. The Kier molecular flexibility index (Phi) is 5.54. The van der Waals surface area contributed by atoms with E-state index in [-0.39, 0.29) is 42.0 Å². The lowest BCUT2D eigenvalue weighted by Crippen LogP contribution is -2.49. The van der Waals surface area contributed by atoms with Crippen molar-refractivity contribution in [2.75, 3.05) is 19.6 Å². The largest absolute Gasteiger partial charge is 0.508 e. The van der Waals surface area contributed by atoms with E-state index in [4.69, 9.17) is 0 Å². The summed E-state index contributed by atoms with van der Waals surface area (Å²) in [5.41, 5.74) is 1.79. The van der Waals surface area contributed by atoms with Gasteiger partial charge >= 0.3 is 0 Å². The first kappa shape index (κ1) is 19.8. The predicted molar refractivity (Wildman–Crippen MR) is 107 cm³/mol. The van der Waals surface area contributed by atoms with Gasteiger partial charge in [-0.25, -0.2) is 8.78 Å². The number of likely N-dealkylation sites (tertiary alicyclic amines) is 2. The molecule has 2 aliphatic heterocycles. The quantitative estimate of drug-likeness (QED) is 0.843. The number of carbonyl (C=O) groups excluding carboxylic acids is 1. The SMILES string of the molecule is CC(c1ccc(F)cc1)N1CC[C@H](N2CC[C@@H](c3ccc(O)cc3)[C@H](F)C2)C1=O. The van der Waals surface area contributed by atoms with Crippen LogP contribution in [0.2, 0.25) is 0 Å². The number of nitrogens with zero attached hydrogens (tertiary/aromatic N) is 2. The van der Waals surface area contributed by atoms with Crippen LogP contribution in [0.3, 0.4) is 0 Å². The number of piperidine rings is 1. The summed E-state index contributed by atoms with van der Waals surface area (Å²) in [7, 11) is 0. The number of phenols is 1. The summed E-state index contributed by atoms with van der Waals surface area (Å²) < 4.78 is 28.1. The maximum atomic E-state index is 15.0. The van der Waals surface area contributed by atoms with Crippen LogP contribution in [0.15, 0.2) is 48.5 Å². The van der Waals surface area contributed by atoms with Crippen LogP contribution in [0.4, 0.5) is 8.78 Å². The summed E-state index contributed by atoms with van der Waals surface area (Å²) in [6.45, 7) is 3.47. The summed E-state index contributed by atoms with van der Waals surface area (Å²) in [4.78, 5) is 16.8. The number of rotatable bonds is 4. The molecule has 2 heterocycles. The molecule has 1 unspecified atom stereocenters. The maximum Gasteiger partial charge on any atom is 0.240 e. The van der Waals surface area contributed by atoms with Crippen LogP contribution in [-0.2, 0) is 4.79 Å². The molecule has 4 atom stereocenters. The van der Waals surface area contributed by atoms with E-state index >= 15 is 0 Å². The zero-order valence-corrected chi connectivity index (χ0v) is 16.5. The van der Waals surface area contributed by atoms with Gasteiger partial charge in [0.25, 0.3) is 0 Å². The molecule has 0 bridgehead atoms. The van der Waals surface area contributed by atoms with E-state index in [1.807, 2.05) is 16.7 Å². The Morgan fingerprint density at radius 1 is 1.03 bits per heavy atom. The van der Waals surface area contributed by atoms with Gasteiger partial charge < -0.3 is 10.0 Å². The molecule has 1 amide bonds. The van der Waals surface area contributed by atoms with Gasteiger partial charge in [-0.2, -0.15) is 0 Å². The monoisotopic (exact) mass is 400 g/mol. The van der Waals surface area contributed by atoms with Crippen molar-refractivity contribution >= 4 is 5.91 Å². The number of phenolic OH excluding ortho intramolecular Hbond substituents is 1. The van der Waals surface area contributed by atoms with Gasteiger partial charge in [0.2, 0.25) is 5.91 Å². The lowest BCUT2D eigenvalue weighted by molar-refractivity contribution is -0.134. The molecule has 1 N–H and O–H groups in total. The van der Waals surface area contributed by atoms with Crippen molar-refractivity contribution in [3.63, 3.8) is 0 Å². The van der Waals surface area contributed by atoms with E-state index in [0.29, 0.717) is 25.9 Å². The third kappa shape index (κ3) is 3.99. The van der Waals surface area contributed by atoms with Gasteiger partial charge in [-0.15, -0.1) is 0 Å². The first-order chi connectivity index (χ1) is 13.9. The van der Waals surface area contributed by atoms with Crippen molar-refractivity contribution in [3.05, 3.63) is 65.5 Å². The molecular formula is C23H26F2N2O2. The Bertz CT molecular complexity index is 856. The van der Waals surface area contributed by atoms with Crippen molar-refractivity contribution in [2.24, 2.45) is 0 Å². The zero-order chi connectivity index (χ0) is 20.5. The third-order valence-electron chi connectivity index (χ3n) is 6.37. The third-order valence-corrected chi connectivity index (χ3v) is 6.37. The van der Waals surface area contributed by atoms with Crippen LogP contribution in [0, 0.1) is 5.82 Å². The topological polar surface area (TPSA) is 43.8 Å². The second-order valence-electron chi connectivity index (χ2n) is 8.06. The van der Waals surface area contributed by atoms with Crippen LogP contribution in [0.5, 0.6) is 5.75 Å². The van der Waals surface area contributed by atoms with Gasteiger partial charge in [-0.3, -0.25) is 9.69 Å². The Morgan fingerprint density at radius 3 is 2.38 bits per heavy atom. The van der Waals surface area contributed by atoms with Crippen molar-refractivity contribution in [1.82, 2.24) is 9.80 Å². The Balaban J connectivity index is 1.40. The molecule has 0 aliphatic carbocycles. The van der Waals surface area contributed by atoms with E-state index in [0.717, 1.165) is 11.1 Å².